The van der Waals surface area contributed by atoms with E-state index in [-0.39, 0.29) is 19.8 Å². The van der Waals surface area contributed by atoms with Gasteiger partial charge in [0.1, 0.15) is 37.1 Å². The lowest BCUT2D eigenvalue weighted by Gasteiger charge is -2.36. The summed E-state index contributed by atoms with van der Waals surface area (Å²) < 4.78 is 41.4. The molecule has 2 bridgehead atoms. The minimum Gasteiger partial charge on any atom is -0.491 e. The average molecular weight is 561 g/mol. The highest BCUT2D eigenvalue weighted by atomic mass is 16.6. The van der Waals surface area contributed by atoms with Crippen molar-refractivity contribution in [2.75, 3.05) is 59.5 Å². The summed E-state index contributed by atoms with van der Waals surface area (Å²) in [6.45, 7) is 4.67. The number of carbonyl (C=O) groups excluding carboxylic acids is 1. The Labute approximate surface area is 240 Å². The van der Waals surface area contributed by atoms with Gasteiger partial charge in [0, 0.05) is 11.1 Å². The predicted molar refractivity (Wildman–Crippen MR) is 152 cm³/mol. The standard InChI is InChI=1S/C33H36O8/c1-25-31-30(33(41-25,26-8-4-2-5-9-26)27-10-6-3-7-11-27)24-37-17-16-35-18-21-38-28-12-14-29(15-13-28)39-22-19-36-20-23-40-32(31)34/h2-15,30H,16-24H2,1H3. The van der Waals surface area contributed by atoms with Crippen molar-refractivity contribution in [2.24, 2.45) is 5.92 Å². The summed E-state index contributed by atoms with van der Waals surface area (Å²) in [6, 6.07) is 27.3. The fourth-order valence-electron chi connectivity index (χ4n) is 5.22. The summed E-state index contributed by atoms with van der Waals surface area (Å²) in [5.74, 6) is 1.07. The van der Waals surface area contributed by atoms with E-state index in [0.717, 1.165) is 22.6 Å². The zero-order valence-corrected chi connectivity index (χ0v) is 23.3. The Hall–Kier alpha value is -3.85. The van der Waals surface area contributed by atoms with Crippen molar-refractivity contribution in [3.8, 4) is 11.5 Å². The van der Waals surface area contributed by atoms with Crippen LogP contribution in [-0.4, -0.2) is 65.4 Å². The van der Waals surface area contributed by atoms with Crippen LogP contribution in [0, 0.1) is 5.92 Å². The van der Waals surface area contributed by atoms with Crippen LogP contribution >= 0.6 is 0 Å². The Kier molecular flexibility index (Phi) is 9.91. The second-order valence-corrected chi connectivity index (χ2v) is 9.70. The van der Waals surface area contributed by atoms with Crippen molar-refractivity contribution in [3.05, 3.63) is 107 Å². The summed E-state index contributed by atoms with van der Waals surface area (Å²) in [5, 5.41) is 0. The van der Waals surface area contributed by atoms with Crippen LogP contribution in [0.2, 0.25) is 0 Å². The Balaban J connectivity index is 1.36. The quantitative estimate of drug-likeness (QED) is 0.323. The molecule has 3 aromatic carbocycles. The van der Waals surface area contributed by atoms with Gasteiger partial charge < -0.3 is 33.2 Å². The number of ether oxygens (including phenoxy) is 7. The molecule has 0 spiro atoms. The monoisotopic (exact) mass is 560 g/mol. The number of esters is 1. The van der Waals surface area contributed by atoms with Crippen LogP contribution in [0.25, 0.3) is 0 Å². The second-order valence-electron chi connectivity index (χ2n) is 9.70. The van der Waals surface area contributed by atoms with E-state index in [1.54, 1.807) is 0 Å². The molecule has 0 fully saturated rings. The summed E-state index contributed by atoms with van der Waals surface area (Å²) >= 11 is 0. The van der Waals surface area contributed by atoms with Crippen LogP contribution in [-0.2, 0) is 34.1 Å². The number of hydrogen-bond donors (Lipinski definition) is 0. The van der Waals surface area contributed by atoms with Gasteiger partial charge >= 0.3 is 5.97 Å². The lowest BCUT2D eigenvalue weighted by atomic mass is 9.74. The van der Waals surface area contributed by atoms with Crippen molar-refractivity contribution in [2.45, 2.75) is 12.5 Å². The molecule has 8 nitrogen and oxygen atoms in total. The lowest BCUT2D eigenvalue weighted by Crippen LogP contribution is -2.39. The predicted octanol–water partition coefficient (Wildman–Crippen LogP) is 4.92. The van der Waals surface area contributed by atoms with E-state index in [1.807, 2.05) is 91.9 Å². The highest BCUT2D eigenvalue weighted by molar-refractivity contribution is 5.91. The van der Waals surface area contributed by atoms with E-state index in [1.165, 1.54) is 0 Å². The van der Waals surface area contributed by atoms with Gasteiger partial charge in [0.15, 0.2) is 5.60 Å². The Morgan fingerprint density at radius 3 is 1.59 bits per heavy atom. The maximum Gasteiger partial charge on any atom is 0.338 e. The molecule has 0 saturated heterocycles. The average Bonchev–Trinajstić information content (AvgIpc) is 3.31. The smallest absolute Gasteiger partial charge is 0.338 e. The van der Waals surface area contributed by atoms with Crippen molar-refractivity contribution >= 4 is 5.97 Å². The molecule has 6 rings (SSSR count). The van der Waals surface area contributed by atoms with Gasteiger partial charge in [-0.05, 0) is 31.2 Å². The number of rotatable bonds is 2. The van der Waals surface area contributed by atoms with Gasteiger partial charge in [0.05, 0.1) is 51.1 Å². The first-order valence-electron chi connectivity index (χ1n) is 14.0. The molecule has 0 saturated carbocycles. The molecule has 3 aromatic rings. The van der Waals surface area contributed by atoms with Crippen LogP contribution in [0.3, 0.4) is 0 Å². The molecule has 41 heavy (non-hydrogen) atoms. The summed E-state index contributed by atoms with van der Waals surface area (Å²) in [5.41, 5.74) is 1.34. The maximum absolute atomic E-state index is 13.5. The van der Waals surface area contributed by atoms with E-state index in [9.17, 15) is 4.79 Å². The summed E-state index contributed by atoms with van der Waals surface area (Å²) in [4.78, 5) is 13.5. The molecule has 0 radical (unpaired) electrons. The third-order valence-corrected chi connectivity index (χ3v) is 7.09. The van der Waals surface area contributed by atoms with Crippen molar-refractivity contribution < 1.29 is 38.0 Å². The van der Waals surface area contributed by atoms with E-state index in [0.29, 0.717) is 51.0 Å². The molecule has 0 aliphatic carbocycles. The zero-order valence-electron chi connectivity index (χ0n) is 23.3. The lowest BCUT2D eigenvalue weighted by molar-refractivity contribution is -0.141. The van der Waals surface area contributed by atoms with Crippen molar-refractivity contribution in [3.63, 3.8) is 0 Å². The number of hydrogen-bond acceptors (Lipinski definition) is 8. The maximum atomic E-state index is 13.5. The van der Waals surface area contributed by atoms with Crippen LogP contribution in [0.1, 0.15) is 18.1 Å². The summed E-state index contributed by atoms with van der Waals surface area (Å²) in [6.07, 6.45) is 0. The van der Waals surface area contributed by atoms with Gasteiger partial charge in [-0.25, -0.2) is 4.79 Å². The molecule has 0 N–H and O–H groups in total. The number of allylic oxidation sites excluding steroid dienone is 1. The largest absolute Gasteiger partial charge is 0.491 e. The fraction of sp³-hybridized carbons (Fsp3) is 0.364. The molecule has 1 atom stereocenters. The Bertz CT molecular complexity index is 1230. The van der Waals surface area contributed by atoms with Crippen LogP contribution in [0.4, 0.5) is 0 Å². The SMILES string of the molecule is CC1=C2C(=O)OCCOCCOc3ccc(cc3)OCCOCCOCC2C(c2ccccc2)(c2ccccc2)O1. The number of benzene rings is 3. The van der Waals surface area contributed by atoms with Crippen molar-refractivity contribution in [1.29, 1.82) is 0 Å². The molecule has 216 valence electrons. The molecule has 8 heteroatoms. The number of fused-ring (bicyclic) bond motifs is 16. The van der Waals surface area contributed by atoms with Crippen LogP contribution in [0.5, 0.6) is 11.5 Å². The topological polar surface area (TPSA) is 81.7 Å². The van der Waals surface area contributed by atoms with Gasteiger partial charge in [-0.1, -0.05) is 60.7 Å². The zero-order chi connectivity index (χ0) is 28.3. The van der Waals surface area contributed by atoms with Crippen LogP contribution in [0.15, 0.2) is 96.3 Å². The first kappa shape index (κ1) is 28.7. The van der Waals surface area contributed by atoms with E-state index in [4.69, 9.17) is 33.2 Å². The fourth-order valence-corrected chi connectivity index (χ4v) is 5.22. The molecule has 0 amide bonds. The first-order chi connectivity index (χ1) is 20.2. The molecule has 3 aliphatic heterocycles. The van der Waals surface area contributed by atoms with Gasteiger partial charge in [0.2, 0.25) is 0 Å². The highest BCUT2D eigenvalue weighted by Gasteiger charge is 2.54. The van der Waals surface area contributed by atoms with E-state index < -0.39 is 17.5 Å². The number of carbonyl (C=O) groups is 1. The van der Waals surface area contributed by atoms with Gasteiger partial charge in [0.25, 0.3) is 0 Å². The van der Waals surface area contributed by atoms with E-state index in [2.05, 4.69) is 0 Å². The molecule has 0 aromatic heterocycles. The third kappa shape index (κ3) is 6.90. The van der Waals surface area contributed by atoms with Gasteiger partial charge in [-0.3, -0.25) is 0 Å². The highest BCUT2D eigenvalue weighted by Crippen LogP contribution is 2.51. The third-order valence-electron chi connectivity index (χ3n) is 7.09. The van der Waals surface area contributed by atoms with Crippen molar-refractivity contribution in [1.82, 2.24) is 0 Å². The minimum absolute atomic E-state index is 0.104. The van der Waals surface area contributed by atoms with Gasteiger partial charge in [-0.2, -0.15) is 0 Å². The molecular weight excluding hydrogens is 524 g/mol. The van der Waals surface area contributed by atoms with Crippen LogP contribution < -0.4 is 9.47 Å². The minimum atomic E-state index is -0.966. The molecular formula is C33H36O8. The molecule has 1 unspecified atom stereocenters. The Morgan fingerprint density at radius 1 is 0.585 bits per heavy atom. The van der Waals surface area contributed by atoms with E-state index >= 15 is 0 Å². The Morgan fingerprint density at radius 2 is 1.05 bits per heavy atom. The van der Waals surface area contributed by atoms with Gasteiger partial charge in [-0.15, -0.1) is 0 Å². The second kappa shape index (κ2) is 14.2. The summed E-state index contributed by atoms with van der Waals surface area (Å²) in [7, 11) is 0. The normalized spacial score (nSPS) is 20.8. The molecule has 3 aliphatic rings. The first-order valence-corrected chi connectivity index (χ1v) is 14.0. The molecule has 3 heterocycles.